The normalized spacial score (nSPS) is 20.9. The third-order valence-corrected chi connectivity index (χ3v) is 3.01. The summed E-state index contributed by atoms with van der Waals surface area (Å²) in [5.41, 5.74) is 1.15. The van der Waals surface area contributed by atoms with Crippen LogP contribution in [0.4, 0.5) is 0 Å². The van der Waals surface area contributed by atoms with E-state index in [4.69, 9.17) is 4.74 Å². The molecule has 0 saturated carbocycles. The molecule has 0 aliphatic carbocycles. The first kappa shape index (κ1) is 11.6. The van der Waals surface area contributed by atoms with Gasteiger partial charge >= 0.3 is 0 Å². The Hall–Kier alpha value is -0.930. The predicted octanol–water partition coefficient (Wildman–Crippen LogP) is 2.13. The maximum atomic E-state index is 5.64. The number of pyridine rings is 1. The lowest BCUT2D eigenvalue weighted by atomic mass is 10.0. The molecule has 2 rings (SSSR count). The van der Waals surface area contributed by atoms with Crippen molar-refractivity contribution in [1.82, 2.24) is 10.3 Å². The highest BCUT2D eigenvalue weighted by molar-refractivity contribution is 5.06. The Morgan fingerprint density at radius 1 is 1.44 bits per heavy atom. The van der Waals surface area contributed by atoms with Gasteiger partial charge in [0, 0.05) is 25.0 Å². The number of aromatic nitrogens is 1. The molecule has 0 bridgehead atoms. The largest absolute Gasteiger partial charge is 0.377 e. The third-order valence-electron chi connectivity index (χ3n) is 3.01. The molecular weight excluding hydrogens is 200 g/mol. The Labute approximate surface area is 97.2 Å². The van der Waals surface area contributed by atoms with E-state index in [0.29, 0.717) is 12.6 Å². The zero-order valence-electron chi connectivity index (χ0n) is 9.69. The molecule has 16 heavy (non-hydrogen) atoms. The average Bonchev–Trinajstić information content (AvgIpc) is 2.37. The highest BCUT2D eigenvalue weighted by Gasteiger charge is 2.11. The number of hydrogen-bond acceptors (Lipinski definition) is 3. The zero-order chi connectivity index (χ0) is 11.1. The van der Waals surface area contributed by atoms with Gasteiger partial charge in [0.25, 0.3) is 0 Å². The molecule has 3 nitrogen and oxygen atoms in total. The molecule has 1 atom stereocenters. The van der Waals surface area contributed by atoms with E-state index in [9.17, 15) is 0 Å². The van der Waals surface area contributed by atoms with Gasteiger partial charge in [0.15, 0.2) is 0 Å². The monoisotopic (exact) mass is 220 g/mol. The molecule has 1 fully saturated rings. The molecule has 1 aliphatic rings. The standard InChI is InChI=1S/C13H20N2O/c1-2-8-15-13(5-1)6-9-16-11-12-4-3-7-14-10-12/h3-4,7,10,13,15H,1-2,5-6,8-9,11H2. The van der Waals surface area contributed by atoms with Crippen molar-refractivity contribution in [2.75, 3.05) is 13.2 Å². The van der Waals surface area contributed by atoms with Crippen LogP contribution >= 0.6 is 0 Å². The van der Waals surface area contributed by atoms with Gasteiger partial charge in [-0.2, -0.15) is 0 Å². The number of nitrogens with one attached hydrogen (secondary N) is 1. The van der Waals surface area contributed by atoms with E-state index < -0.39 is 0 Å². The molecule has 0 aromatic carbocycles. The first-order valence-electron chi connectivity index (χ1n) is 6.15. The Morgan fingerprint density at radius 2 is 2.44 bits per heavy atom. The number of nitrogens with zero attached hydrogens (tertiary/aromatic N) is 1. The lowest BCUT2D eigenvalue weighted by Gasteiger charge is -2.23. The van der Waals surface area contributed by atoms with E-state index in [1.54, 1.807) is 6.20 Å². The minimum Gasteiger partial charge on any atom is -0.377 e. The minimum atomic E-state index is 0.669. The predicted molar refractivity (Wildman–Crippen MR) is 64.2 cm³/mol. The van der Waals surface area contributed by atoms with Crippen molar-refractivity contribution < 1.29 is 4.74 Å². The fraction of sp³-hybridized carbons (Fsp3) is 0.615. The van der Waals surface area contributed by atoms with Gasteiger partial charge in [-0.25, -0.2) is 0 Å². The van der Waals surface area contributed by atoms with Crippen molar-refractivity contribution in [2.45, 2.75) is 38.3 Å². The van der Waals surface area contributed by atoms with E-state index in [2.05, 4.69) is 10.3 Å². The fourth-order valence-electron chi connectivity index (χ4n) is 2.07. The van der Waals surface area contributed by atoms with Gasteiger partial charge in [0.1, 0.15) is 0 Å². The second-order valence-electron chi connectivity index (χ2n) is 4.35. The zero-order valence-corrected chi connectivity index (χ0v) is 9.69. The van der Waals surface area contributed by atoms with Crippen LogP contribution in [0.15, 0.2) is 24.5 Å². The van der Waals surface area contributed by atoms with E-state index in [-0.39, 0.29) is 0 Å². The van der Waals surface area contributed by atoms with Crippen molar-refractivity contribution >= 4 is 0 Å². The van der Waals surface area contributed by atoms with Gasteiger partial charge in [-0.15, -0.1) is 0 Å². The summed E-state index contributed by atoms with van der Waals surface area (Å²) in [5.74, 6) is 0. The summed E-state index contributed by atoms with van der Waals surface area (Å²) in [6, 6.07) is 4.66. The number of hydrogen-bond donors (Lipinski definition) is 1. The van der Waals surface area contributed by atoms with E-state index in [1.807, 2.05) is 18.3 Å². The minimum absolute atomic E-state index is 0.669. The highest BCUT2D eigenvalue weighted by Crippen LogP contribution is 2.10. The van der Waals surface area contributed by atoms with Gasteiger partial charge in [-0.1, -0.05) is 12.5 Å². The van der Waals surface area contributed by atoms with Gasteiger partial charge in [-0.05, 0) is 37.4 Å². The molecule has 1 unspecified atom stereocenters. The van der Waals surface area contributed by atoms with Crippen molar-refractivity contribution in [3.05, 3.63) is 30.1 Å². The lowest BCUT2D eigenvalue weighted by molar-refractivity contribution is 0.108. The van der Waals surface area contributed by atoms with Crippen LogP contribution in [0.2, 0.25) is 0 Å². The van der Waals surface area contributed by atoms with Gasteiger partial charge in [0.05, 0.1) is 6.61 Å². The van der Waals surface area contributed by atoms with Crippen LogP contribution in [0.3, 0.4) is 0 Å². The van der Waals surface area contributed by atoms with E-state index in [0.717, 1.165) is 18.6 Å². The van der Waals surface area contributed by atoms with E-state index >= 15 is 0 Å². The topological polar surface area (TPSA) is 34.1 Å². The van der Waals surface area contributed by atoms with Crippen LogP contribution in [0.25, 0.3) is 0 Å². The SMILES string of the molecule is c1cncc(COCCC2CCCCN2)c1. The third kappa shape index (κ3) is 3.91. The van der Waals surface area contributed by atoms with Crippen molar-refractivity contribution in [2.24, 2.45) is 0 Å². The second kappa shape index (κ2) is 6.61. The summed E-state index contributed by atoms with van der Waals surface area (Å²) in [5, 5.41) is 3.53. The second-order valence-corrected chi connectivity index (χ2v) is 4.35. The molecule has 2 heterocycles. The Bertz CT molecular complexity index is 283. The molecule has 1 saturated heterocycles. The molecule has 0 radical (unpaired) electrons. The Kier molecular flexibility index (Phi) is 4.77. The molecule has 0 spiro atoms. The number of ether oxygens (including phenoxy) is 1. The number of rotatable bonds is 5. The Balaban J connectivity index is 1.58. The Morgan fingerprint density at radius 3 is 3.19 bits per heavy atom. The average molecular weight is 220 g/mol. The van der Waals surface area contributed by atoms with Crippen molar-refractivity contribution in [3.63, 3.8) is 0 Å². The van der Waals surface area contributed by atoms with Crippen molar-refractivity contribution in [1.29, 1.82) is 0 Å². The first-order chi connectivity index (χ1) is 7.95. The highest BCUT2D eigenvalue weighted by atomic mass is 16.5. The van der Waals surface area contributed by atoms with Crippen LogP contribution in [0, 0.1) is 0 Å². The maximum Gasteiger partial charge on any atom is 0.0731 e. The van der Waals surface area contributed by atoms with Crippen LogP contribution in [0.5, 0.6) is 0 Å². The van der Waals surface area contributed by atoms with Gasteiger partial charge in [0.2, 0.25) is 0 Å². The summed E-state index contributed by atoms with van der Waals surface area (Å²) in [6.07, 6.45) is 8.76. The molecular formula is C13H20N2O. The quantitative estimate of drug-likeness (QED) is 0.772. The summed E-state index contributed by atoms with van der Waals surface area (Å²) in [7, 11) is 0. The van der Waals surface area contributed by atoms with Gasteiger partial charge in [-0.3, -0.25) is 4.98 Å². The first-order valence-corrected chi connectivity index (χ1v) is 6.15. The molecule has 1 aromatic rings. The van der Waals surface area contributed by atoms with Gasteiger partial charge < -0.3 is 10.1 Å². The molecule has 0 amide bonds. The van der Waals surface area contributed by atoms with Crippen LogP contribution in [-0.4, -0.2) is 24.2 Å². The van der Waals surface area contributed by atoms with Crippen LogP contribution < -0.4 is 5.32 Å². The van der Waals surface area contributed by atoms with Crippen molar-refractivity contribution in [3.8, 4) is 0 Å². The lowest BCUT2D eigenvalue weighted by Crippen LogP contribution is -2.34. The van der Waals surface area contributed by atoms with Crippen LogP contribution in [0.1, 0.15) is 31.2 Å². The summed E-state index contributed by atoms with van der Waals surface area (Å²) in [6.45, 7) is 2.69. The smallest absolute Gasteiger partial charge is 0.0731 e. The summed E-state index contributed by atoms with van der Waals surface area (Å²) >= 11 is 0. The fourth-order valence-corrected chi connectivity index (χ4v) is 2.07. The van der Waals surface area contributed by atoms with Crippen LogP contribution in [-0.2, 0) is 11.3 Å². The molecule has 88 valence electrons. The van der Waals surface area contributed by atoms with E-state index in [1.165, 1.54) is 25.8 Å². The summed E-state index contributed by atoms with van der Waals surface area (Å²) in [4.78, 5) is 4.06. The molecule has 3 heteroatoms. The number of piperidine rings is 1. The molecule has 1 N–H and O–H groups in total. The molecule has 1 aliphatic heterocycles. The maximum absolute atomic E-state index is 5.64. The molecule has 1 aromatic heterocycles. The summed E-state index contributed by atoms with van der Waals surface area (Å²) < 4.78 is 5.64.